The summed E-state index contributed by atoms with van der Waals surface area (Å²) in [6, 6.07) is 7.57. The molecule has 1 aromatic heterocycles. The van der Waals surface area contributed by atoms with E-state index in [0.717, 1.165) is 0 Å². The Morgan fingerprint density at radius 1 is 1.19 bits per heavy atom. The van der Waals surface area contributed by atoms with Gasteiger partial charge in [-0.05, 0) is 30.3 Å². The van der Waals surface area contributed by atoms with Gasteiger partial charge in [0.05, 0.1) is 0 Å². The topological polar surface area (TPSA) is 75.1 Å². The van der Waals surface area contributed by atoms with Gasteiger partial charge in [0.2, 0.25) is 0 Å². The summed E-state index contributed by atoms with van der Waals surface area (Å²) in [5, 5.41) is 11.7. The molecule has 1 heterocycles. The Labute approximate surface area is 91.8 Å². The van der Waals surface area contributed by atoms with Gasteiger partial charge in [-0.15, -0.1) is 0 Å². The summed E-state index contributed by atoms with van der Waals surface area (Å²) in [6.07, 6.45) is 2.89. The fourth-order valence-corrected chi connectivity index (χ4v) is 1.17. The molecule has 1 aromatic carbocycles. The molecule has 0 atom stereocenters. The molecule has 0 aliphatic rings. The number of aromatic hydroxyl groups is 1. The lowest BCUT2D eigenvalue weighted by molar-refractivity contribution is 0.102. The van der Waals surface area contributed by atoms with Crippen LogP contribution in [0.2, 0.25) is 0 Å². The quantitative estimate of drug-likeness (QED) is 0.794. The fraction of sp³-hybridized carbons (Fsp3) is 0. The number of amides is 1. The number of carbonyl (C=O) groups excluding carboxylic acids is 1. The number of carbonyl (C=O) groups is 1. The summed E-state index contributed by atoms with van der Waals surface area (Å²) in [5.41, 5.74) is 0.455. The zero-order valence-corrected chi connectivity index (χ0v) is 8.29. The van der Waals surface area contributed by atoms with Crippen LogP contribution in [0.25, 0.3) is 0 Å². The summed E-state index contributed by atoms with van der Waals surface area (Å²) in [7, 11) is 0. The highest BCUT2D eigenvalue weighted by molar-refractivity contribution is 6.03. The third kappa shape index (κ3) is 2.33. The minimum atomic E-state index is -0.279. The average Bonchev–Trinajstić information content (AvgIpc) is 2.31. The SMILES string of the molecule is O=C(Nc1ccncn1)c1ccc(O)cc1. The van der Waals surface area contributed by atoms with E-state index in [0.29, 0.717) is 11.4 Å². The molecule has 16 heavy (non-hydrogen) atoms. The first-order chi connectivity index (χ1) is 7.75. The normalized spacial score (nSPS) is 9.75. The maximum absolute atomic E-state index is 11.7. The zero-order valence-electron chi connectivity index (χ0n) is 8.29. The van der Waals surface area contributed by atoms with Crippen LogP contribution in [0, 0.1) is 0 Å². The first-order valence-corrected chi connectivity index (χ1v) is 4.62. The summed E-state index contributed by atoms with van der Waals surface area (Å²) in [6.45, 7) is 0. The van der Waals surface area contributed by atoms with Crippen molar-refractivity contribution >= 4 is 11.7 Å². The maximum atomic E-state index is 11.7. The van der Waals surface area contributed by atoms with Crippen LogP contribution in [0.1, 0.15) is 10.4 Å². The molecule has 0 aliphatic heterocycles. The Balaban J connectivity index is 2.12. The van der Waals surface area contributed by atoms with E-state index in [1.54, 1.807) is 12.3 Å². The Hall–Kier alpha value is -2.43. The predicted molar refractivity (Wildman–Crippen MR) is 58.1 cm³/mol. The number of anilines is 1. The van der Waals surface area contributed by atoms with E-state index in [-0.39, 0.29) is 11.7 Å². The Morgan fingerprint density at radius 3 is 2.56 bits per heavy atom. The van der Waals surface area contributed by atoms with Gasteiger partial charge in [0.1, 0.15) is 17.9 Å². The molecule has 5 nitrogen and oxygen atoms in total. The average molecular weight is 215 g/mol. The van der Waals surface area contributed by atoms with Gasteiger partial charge in [-0.2, -0.15) is 0 Å². The maximum Gasteiger partial charge on any atom is 0.256 e. The minimum absolute atomic E-state index is 0.124. The van der Waals surface area contributed by atoms with Crippen molar-refractivity contribution in [3.8, 4) is 5.75 Å². The van der Waals surface area contributed by atoms with Crippen molar-refractivity contribution in [1.82, 2.24) is 9.97 Å². The zero-order chi connectivity index (χ0) is 11.4. The molecule has 0 aliphatic carbocycles. The molecule has 0 bridgehead atoms. The van der Waals surface area contributed by atoms with Gasteiger partial charge in [-0.25, -0.2) is 9.97 Å². The van der Waals surface area contributed by atoms with Gasteiger partial charge in [0.25, 0.3) is 5.91 Å². The van der Waals surface area contributed by atoms with Crippen LogP contribution in [0.3, 0.4) is 0 Å². The molecule has 0 fully saturated rings. The van der Waals surface area contributed by atoms with Gasteiger partial charge in [-0.1, -0.05) is 0 Å². The molecule has 2 aromatic rings. The van der Waals surface area contributed by atoms with E-state index in [1.165, 1.54) is 30.6 Å². The molecule has 0 saturated heterocycles. The second-order valence-electron chi connectivity index (χ2n) is 3.10. The molecule has 1 amide bonds. The van der Waals surface area contributed by atoms with Crippen molar-refractivity contribution in [3.63, 3.8) is 0 Å². The number of phenols is 1. The smallest absolute Gasteiger partial charge is 0.256 e. The predicted octanol–water partition coefficient (Wildman–Crippen LogP) is 1.43. The third-order valence-corrected chi connectivity index (χ3v) is 1.95. The number of rotatable bonds is 2. The van der Waals surface area contributed by atoms with Gasteiger partial charge >= 0.3 is 0 Å². The minimum Gasteiger partial charge on any atom is -0.508 e. The number of aromatic nitrogens is 2. The van der Waals surface area contributed by atoms with Crippen molar-refractivity contribution in [2.24, 2.45) is 0 Å². The lowest BCUT2D eigenvalue weighted by Crippen LogP contribution is -2.12. The molecule has 5 heteroatoms. The van der Waals surface area contributed by atoms with Crippen LogP contribution in [-0.2, 0) is 0 Å². The molecule has 80 valence electrons. The molecular weight excluding hydrogens is 206 g/mol. The molecule has 2 N–H and O–H groups in total. The molecule has 0 spiro atoms. The highest BCUT2D eigenvalue weighted by atomic mass is 16.3. The van der Waals surface area contributed by atoms with E-state index in [1.807, 2.05) is 0 Å². The van der Waals surface area contributed by atoms with Gasteiger partial charge in [0.15, 0.2) is 0 Å². The van der Waals surface area contributed by atoms with Crippen molar-refractivity contribution < 1.29 is 9.90 Å². The second kappa shape index (κ2) is 4.39. The number of hydrogen-bond acceptors (Lipinski definition) is 4. The summed E-state index contributed by atoms with van der Waals surface area (Å²) in [5.74, 6) is 0.283. The summed E-state index contributed by atoms with van der Waals surface area (Å²) < 4.78 is 0. The second-order valence-corrected chi connectivity index (χ2v) is 3.10. The van der Waals surface area contributed by atoms with Crippen LogP contribution in [-0.4, -0.2) is 21.0 Å². The molecule has 0 saturated carbocycles. The van der Waals surface area contributed by atoms with Crippen LogP contribution in [0.4, 0.5) is 5.82 Å². The number of nitrogens with one attached hydrogen (secondary N) is 1. The number of hydrogen-bond donors (Lipinski definition) is 2. The van der Waals surface area contributed by atoms with Crippen LogP contribution in [0.5, 0.6) is 5.75 Å². The van der Waals surface area contributed by atoms with E-state index >= 15 is 0 Å². The van der Waals surface area contributed by atoms with Crippen molar-refractivity contribution in [2.45, 2.75) is 0 Å². The van der Waals surface area contributed by atoms with Crippen molar-refractivity contribution in [3.05, 3.63) is 48.4 Å². The van der Waals surface area contributed by atoms with Crippen LogP contribution >= 0.6 is 0 Å². The lowest BCUT2D eigenvalue weighted by atomic mass is 10.2. The van der Waals surface area contributed by atoms with E-state index < -0.39 is 0 Å². The number of benzene rings is 1. The lowest BCUT2D eigenvalue weighted by Gasteiger charge is -2.03. The van der Waals surface area contributed by atoms with Crippen LogP contribution < -0.4 is 5.32 Å². The van der Waals surface area contributed by atoms with Crippen molar-refractivity contribution in [2.75, 3.05) is 5.32 Å². The first kappa shape index (κ1) is 10.1. The Morgan fingerprint density at radius 2 is 1.94 bits per heavy atom. The first-order valence-electron chi connectivity index (χ1n) is 4.62. The van der Waals surface area contributed by atoms with E-state index in [2.05, 4.69) is 15.3 Å². The summed E-state index contributed by atoms with van der Waals surface area (Å²) >= 11 is 0. The number of nitrogens with zero attached hydrogens (tertiary/aromatic N) is 2. The third-order valence-electron chi connectivity index (χ3n) is 1.95. The van der Waals surface area contributed by atoms with Gasteiger partial charge < -0.3 is 10.4 Å². The summed E-state index contributed by atoms with van der Waals surface area (Å²) in [4.78, 5) is 19.3. The monoisotopic (exact) mass is 215 g/mol. The van der Waals surface area contributed by atoms with Crippen molar-refractivity contribution in [1.29, 1.82) is 0 Å². The van der Waals surface area contributed by atoms with Crippen LogP contribution in [0.15, 0.2) is 42.9 Å². The van der Waals surface area contributed by atoms with Gasteiger partial charge in [-0.3, -0.25) is 4.79 Å². The number of phenolic OH excluding ortho intramolecular Hbond substituents is 1. The Kier molecular flexibility index (Phi) is 2.77. The molecule has 0 unspecified atom stereocenters. The highest BCUT2D eigenvalue weighted by Crippen LogP contribution is 2.11. The van der Waals surface area contributed by atoms with E-state index in [9.17, 15) is 4.79 Å². The Bertz CT molecular complexity index is 482. The fourth-order valence-electron chi connectivity index (χ4n) is 1.17. The highest BCUT2D eigenvalue weighted by Gasteiger charge is 2.05. The molecule has 2 rings (SSSR count). The standard InChI is InChI=1S/C11H9N3O2/c15-9-3-1-8(2-4-9)11(16)14-10-5-6-12-7-13-10/h1-7,15H,(H,12,13,14,16). The molecule has 0 radical (unpaired) electrons. The largest absolute Gasteiger partial charge is 0.508 e. The van der Waals surface area contributed by atoms with Gasteiger partial charge in [0, 0.05) is 11.8 Å². The molecular formula is C11H9N3O2. The van der Waals surface area contributed by atoms with E-state index in [4.69, 9.17) is 5.11 Å².